The van der Waals surface area contributed by atoms with Gasteiger partial charge < -0.3 is 5.32 Å². The zero-order chi connectivity index (χ0) is 8.53. The number of hydrogen-bond acceptors (Lipinski definition) is 2. The van der Waals surface area contributed by atoms with Crippen molar-refractivity contribution < 1.29 is 0 Å². The molecule has 0 atom stereocenters. The van der Waals surface area contributed by atoms with Crippen molar-refractivity contribution >= 4 is 17.8 Å². The molecule has 0 aliphatic rings. The minimum absolute atomic E-state index is 0.563. The summed E-state index contributed by atoms with van der Waals surface area (Å²) in [5.74, 6) is 0. The molecule has 0 rings (SSSR count). The monoisotopic (exact) mass is 174 g/mol. The highest BCUT2D eigenvalue weighted by atomic mass is 35.5. The Bertz CT molecular complexity index is 141. The molecule has 0 aliphatic carbocycles. The van der Waals surface area contributed by atoms with Crippen molar-refractivity contribution in [3.05, 3.63) is 11.2 Å². The van der Waals surface area contributed by atoms with E-state index in [2.05, 4.69) is 17.2 Å². The summed E-state index contributed by atoms with van der Waals surface area (Å²) < 4.78 is 0. The molecule has 0 radical (unpaired) electrons. The van der Waals surface area contributed by atoms with Gasteiger partial charge in [0.1, 0.15) is 5.16 Å². The van der Waals surface area contributed by atoms with Crippen molar-refractivity contribution in [3.8, 4) is 0 Å². The summed E-state index contributed by atoms with van der Waals surface area (Å²) in [6.07, 6.45) is 5.78. The highest BCUT2D eigenvalue weighted by Crippen LogP contribution is 2.00. The van der Waals surface area contributed by atoms with Gasteiger partial charge in [-0.05, 0) is 19.5 Å². The second-order valence-corrected chi connectivity index (χ2v) is 2.57. The average Bonchev–Trinajstić information content (AvgIpc) is 2.01. The van der Waals surface area contributed by atoms with Crippen LogP contribution in [0.5, 0.6) is 0 Å². The zero-order valence-corrected chi connectivity index (χ0v) is 7.86. The number of rotatable bonds is 5. The van der Waals surface area contributed by atoms with Crippen LogP contribution in [0.15, 0.2) is 16.2 Å². The van der Waals surface area contributed by atoms with Crippen LogP contribution in [-0.4, -0.2) is 19.8 Å². The summed E-state index contributed by atoms with van der Waals surface area (Å²) in [5, 5.41) is 3.52. The molecule has 0 fully saturated rings. The highest BCUT2D eigenvalue weighted by molar-refractivity contribution is 6.29. The predicted octanol–water partition coefficient (Wildman–Crippen LogP) is 2.16. The van der Waals surface area contributed by atoms with Crippen LogP contribution in [0, 0.1) is 0 Å². The number of hydrogen-bond donors (Lipinski definition) is 1. The smallest absolute Gasteiger partial charge is 0.125 e. The van der Waals surface area contributed by atoms with E-state index in [1.807, 2.05) is 19.3 Å². The van der Waals surface area contributed by atoms with Crippen molar-refractivity contribution in [1.29, 1.82) is 0 Å². The van der Waals surface area contributed by atoms with Gasteiger partial charge in [0.2, 0.25) is 0 Å². The van der Waals surface area contributed by atoms with Crippen LogP contribution in [0.4, 0.5) is 0 Å². The van der Waals surface area contributed by atoms with Crippen LogP contribution in [0.2, 0.25) is 0 Å². The highest BCUT2D eigenvalue weighted by Gasteiger charge is 1.83. The van der Waals surface area contributed by atoms with Gasteiger partial charge in [-0.15, -0.1) is 0 Å². The normalized spacial score (nSPS) is 12.8. The molecule has 0 aromatic rings. The predicted molar refractivity (Wildman–Crippen MR) is 51.3 cm³/mol. The summed E-state index contributed by atoms with van der Waals surface area (Å²) in [6.45, 7) is 2.87. The Balaban J connectivity index is 3.56. The van der Waals surface area contributed by atoms with Gasteiger partial charge in [0.15, 0.2) is 0 Å². The lowest BCUT2D eigenvalue weighted by Crippen LogP contribution is -2.04. The molecule has 0 aromatic heterocycles. The molecule has 0 bridgehead atoms. The first-order valence-electron chi connectivity index (χ1n) is 3.84. The summed E-state index contributed by atoms with van der Waals surface area (Å²) in [5.41, 5.74) is 0. The molecule has 0 amide bonds. The van der Waals surface area contributed by atoms with E-state index in [0.29, 0.717) is 5.16 Å². The van der Waals surface area contributed by atoms with Crippen LogP contribution in [-0.2, 0) is 0 Å². The molecular weight excluding hydrogens is 160 g/mol. The van der Waals surface area contributed by atoms with E-state index in [1.165, 1.54) is 0 Å². The molecular formula is C8H15ClN2. The SMILES string of the molecule is CCCC=NC(Cl)=CCNC. The van der Waals surface area contributed by atoms with Crippen LogP contribution < -0.4 is 5.32 Å². The van der Waals surface area contributed by atoms with Crippen molar-refractivity contribution in [2.24, 2.45) is 4.99 Å². The van der Waals surface area contributed by atoms with Gasteiger partial charge >= 0.3 is 0 Å². The Hall–Kier alpha value is -0.340. The third kappa shape index (κ3) is 7.56. The van der Waals surface area contributed by atoms with E-state index >= 15 is 0 Å². The first-order chi connectivity index (χ1) is 5.31. The largest absolute Gasteiger partial charge is 0.316 e. The van der Waals surface area contributed by atoms with Crippen molar-refractivity contribution in [2.45, 2.75) is 19.8 Å². The van der Waals surface area contributed by atoms with E-state index in [-0.39, 0.29) is 0 Å². The lowest BCUT2D eigenvalue weighted by Gasteiger charge is -1.90. The molecule has 0 aromatic carbocycles. The number of likely N-dealkylation sites (N-methyl/N-ethyl adjacent to an activating group) is 1. The number of unbranched alkanes of at least 4 members (excludes halogenated alkanes) is 1. The van der Waals surface area contributed by atoms with Crippen LogP contribution in [0.1, 0.15) is 19.8 Å². The maximum absolute atomic E-state index is 5.72. The standard InChI is InChI=1S/C8H15ClN2/c1-3-4-6-11-8(9)5-7-10-2/h5-6,10H,3-4,7H2,1-2H3. The fourth-order valence-electron chi connectivity index (χ4n) is 0.520. The third-order valence-electron chi connectivity index (χ3n) is 1.11. The van der Waals surface area contributed by atoms with Crippen LogP contribution in [0.3, 0.4) is 0 Å². The summed E-state index contributed by atoms with van der Waals surface area (Å²) >= 11 is 5.72. The van der Waals surface area contributed by atoms with Crippen LogP contribution >= 0.6 is 11.6 Å². The molecule has 11 heavy (non-hydrogen) atoms. The van der Waals surface area contributed by atoms with E-state index < -0.39 is 0 Å². The fourth-order valence-corrected chi connectivity index (χ4v) is 0.666. The zero-order valence-electron chi connectivity index (χ0n) is 7.10. The third-order valence-corrected chi connectivity index (χ3v) is 1.36. The minimum atomic E-state index is 0.563. The Labute approximate surface area is 73.4 Å². The number of nitrogens with one attached hydrogen (secondary N) is 1. The summed E-state index contributed by atoms with van der Waals surface area (Å²) in [7, 11) is 1.87. The van der Waals surface area contributed by atoms with Gasteiger partial charge in [0.25, 0.3) is 0 Å². The molecule has 0 unspecified atom stereocenters. The number of halogens is 1. The topological polar surface area (TPSA) is 24.4 Å². The summed E-state index contributed by atoms with van der Waals surface area (Å²) in [6, 6.07) is 0. The Morgan fingerprint density at radius 3 is 2.91 bits per heavy atom. The lowest BCUT2D eigenvalue weighted by molar-refractivity contribution is 0.916. The second-order valence-electron chi connectivity index (χ2n) is 2.18. The summed E-state index contributed by atoms with van der Waals surface area (Å²) in [4.78, 5) is 4.01. The maximum atomic E-state index is 5.72. The van der Waals surface area contributed by atoms with E-state index in [9.17, 15) is 0 Å². The van der Waals surface area contributed by atoms with Gasteiger partial charge in [-0.3, -0.25) is 0 Å². The fraction of sp³-hybridized carbons (Fsp3) is 0.625. The molecule has 0 heterocycles. The van der Waals surface area contributed by atoms with Crippen molar-refractivity contribution in [2.75, 3.05) is 13.6 Å². The molecule has 64 valence electrons. The van der Waals surface area contributed by atoms with Gasteiger partial charge in [0, 0.05) is 12.8 Å². The maximum Gasteiger partial charge on any atom is 0.125 e. The van der Waals surface area contributed by atoms with Crippen LogP contribution in [0.25, 0.3) is 0 Å². The van der Waals surface area contributed by atoms with Crippen molar-refractivity contribution in [1.82, 2.24) is 5.32 Å². The molecule has 1 N–H and O–H groups in total. The van der Waals surface area contributed by atoms with E-state index in [1.54, 1.807) is 0 Å². The molecule has 2 nitrogen and oxygen atoms in total. The van der Waals surface area contributed by atoms with Crippen molar-refractivity contribution in [3.63, 3.8) is 0 Å². The molecule has 3 heteroatoms. The minimum Gasteiger partial charge on any atom is -0.316 e. The van der Waals surface area contributed by atoms with Gasteiger partial charge in [-0.2, -0.15) is 0 Å². The number of aliphatic imine (C=N–C) groups is 1. The van der Waals surface area contributed by atoms with E-state index in [4.69, 9.17) is 11.6 Å². The first-order valence-corrected chi connectivity index (χ1v) is 4.21. The quantitative estimate of drug-likeness (QED) is 0.502. The Kier molecular flexibility index (Phi) is 7.52. The second kappa shape index (κ2) is 7.76. The van der Waals surface area contributed by atoms with E-state index in [0.717, 1.165) is 19.4 Å². The Morgan fingerprint density at radius 2 is 2.36 bits per heavy atom. The first kappa shape index (κ1) is 10.7. The number of nitrogens with zero attached hydrogens (tertiary/aromatic N) is 1. The van der Waals surface area contributed by atoms with Gasteiger partial charge in [-0.25, -0.2) is 4.99 Å². The average molecular weight is 175 g/mol. The molecule has 0 aliphatic heterocycles. The molecule has 0 saturated carbocycles. The Morgan fingerprint density at radius 1 is 1.64 bits per heavy atom. The molecule has 0 saturated heterocycles. The lowest BCUT2D eigenvalue weighted by atomic mass is 10.4. The van der Waals surface area contributed by atoms with Gasteiger partial charge in [-0.1, -0.05) is 24.9 Å². The van der Waals surface area contributed by atoms with Gasteiger partial charge in [0.05, 0.1) is 0 Å². The molecule has 0 spiro atoms.